The Morgan fingerprint density at radius 1 is 1.25 bits per heavy atom. The summed E-state index contributed by atoms with van der Waals surface area (Å²) in [4.78, 5) is 6.71. The number of rotatable bonds is 8. The summed E-state index contributed by atoms with van der Waals surface area (Å²) in [6.07, 6.45) is 8.78. The van der Waals surface area contributed by atoms with E-state index in [-0.39, 0.29) is 0 Å². The van der Waals surface area contributed by atoms with Gasteiger partial charge in [-0.05, 0) is 50.4 Å². The van der Waals surface area contributed by atoms with Gasteiger partial charge in [0, 0.05) is 45.4 Å². The average Bonchev–Trinajstić information content (AvgIpc) is 3.25. The summed E-state index contributed by atoms with van der Waals surface area (Å²) >= 11 is 0. The Kier molecular flexibility index (Phi) is 8.18. The maximum absolute atomic E-state index is 5.99. The quantitative estimate of drug-likeness (QED) is 0.409. The molecule has 154 valence electrons. The van der Waals surface area contributed by atoms with E-state index in [1.54, 1.807) is 0 Å². The largest absolute Gasteiger partial charge is 0.492 e. The minimum atomic E-state index is 0.452. The summed E-state index contributed by atoms with van der Waals surface area (Å²) in [6.45, 7) is 4.10. The van der Waals surface area contributed by atoms with Gasteiger partial charge in [0.25, 0.3) is 0 Å². The predicted octanol–water partition coefficient (Wildman–Crippen LogP) is 2.56. The summed E-state index contributed by atoms with van der Waals surface area (Å²) in [5, 5.41) is 6.85. The summed E-state index contributed by atoms with van der Waals surface area (Å²) in [5.74, 6) is 1.76. The van der Waals surface area contributed by atoms with Crippen LogP contribution in [0.3, 0.4) is 0 Å². The zero-order chi connectivity index (χ0) is 19.6. The minimum Gasteiger partial charge on any atom is -0.492 e. The van der Waals surface area contributed by atoms with Gasteiger partial charge in [-0.1, -0.05) is 24.3 Å². The van der Waals surface area contributed by atoms with Crippen molar-refractivity contribution in [2.75, 3.05) is 40.5 Å². The Bertz CT molecular complexity index is 648. The van der Waals surface area contributed by atoms with Crippen LogP contribution in [0.15, 0.2) is 41.4 Å². The molecule has 1 aromatic carbocycles. The van der Waals surface area contributed by atoms with Crippen molar-refractivity contribution in [2.45, 2.75) is 44.3 Å². The Hall–Kier alpha value is -2.05. The number of nitrogens with zero attached hydrogens (tertiary/aromatic N) is 2. The molecule has 0 amide bonds. The van der Waals surface area contributed by atoms with E-state index in [1.165, 1.54) is 5.56 Å². The molecular formula is C22H34N4O2. The van der Waals surface area contributed by atoms with Gasteiger partial charge < -0.3 is 20.1 Å². The first-order valence-corrected chi connectivity index (χ1v) is 10.4. The fourth-order valence-corrected chi connectivity index (χ4v) is 3.67. The topological polar surface area (TPSA) is 58.1 Å². The first kappa shape index (κ1) is 20.7. The van der Waals surface area contributed by atoms with Gasteiger partial charge in [-0.3, -0.25) is 9.89 Å². The van der Waals surface area contributed by atoms with Crippen molar-refractivity contribution < 1.29 is 9.47 Å². The van der Waals surface area contributed by atoms with Gasteiger partial charge in [0.2, 0.25) is 0 Å². The van der Waals surface area contributed by atoms with E-state index in [0.29, 0.717) is 18.7 Å². The Morgan fingerprint density at radius 2 is 2.04 bits per heavy atom. The summed E-state index contributed by atoms with van der Waals surface area (Å²) < 4.78 is 11.4. The number of ether oxygens (including phenoxy) is 2. The fraction of sp³-hybridized carbons (Fsp3) is 0.591. The van der Waals surface area contributed by atoms with Gasteiger partial charge >= 0.3 is 0 Å². The summed E-state index contributed by atoms with van der Waals surface area (Å²) in [5.41, 5.74) is 1.18. The third-order valence-corrected chi connectivity index (χ3v) is 5.46. The second kappa shape index (κ2) is 11.1. The monoisotopic (exact) mass is 386 g/mol. The molecule has 1 saturated heterocycles. The second-order valence-electron chi connectivity index (χ2n) is 7.53. The lowest BCUT2D eigenvalue weighted by Crippen LogP contribution is -2.42. The lowest BCUT2D eigenvalue weighted by molar-refractivity contribution is 0.0392. The van der Waals surface area contributed by atoms with Crippen LogP contribution in [0.5, 0.6) is 5.75 Å². The molecule has 0 spiro atoms. The zero-order valence-corrected chi connectivity index (χ0v) is 17.2. The maximum Gasteiger partial charge on any atom is 0.191 e. The van der Waals surface area contributed by atoms with Crippen molar-refractivity contribution in [3.63, 3.8) is 0 Å². The van der Waals surface area contributed by atoms with Crippen molar-refractivity contribution in [1.82, 2.24) is 15.5 Å². The molecule has 2 N–H and O–H groups in total. The Labute approximate surface area is 169 Å². The molecule has 1 fully saturated rings. The molecule has 2 aliphatic rings. The molecule has 0 unspecified atom stereocenters. The highest BCUT2D eigenvalue weighted by molar-refractivity contribution is 5.80. The predicted molar refractivity (Wildman–Crippen MR) is 114 cm³/mol. The first-order chi connectivity index (χ1) is 13.7. The number of hydrogen-bond donors (Lipinski definition) is 2. The van der Waals surface area contributed by atoms with Gasteiger partial charge in [-0.15, -0.1) is 0 Å². The van der Waals surface area contributed by atoms with E-state index in [4.69, 9.17) is 9.47 Å². The molecule has 0 aromatic heterocycles. The van der Waals surface area contributed by atoms with Gasteiger partial charge in [0.1, 0.15) is 12.4 Å². The Balaban J connectivity index is 1.40. The van der Waals surface area contributed by atoms with Crippen LogP contribution in [-0.4, -0.2) is 63.4 Å². The standard InChI is InChI=1S/C22H34N4O2/c1-23-22(25-19-7-3-4-8-19)24-17-18-6-5-9-21(16-18)28-15-12-26(2)20-10-13-27-14-11-20/h3-6,9,16,19-20H,7-8,10-15,17H2,1-2H3,(H2,23,24,25). The average molecular weight is 387 g/mol. The highest BCUT2D eigenvalue weighted by Gasteiger charge is 2.18. The van der Waals surface area contributed by atoms with Gasteiger partial charge in [-0.25, -0.2) is 0 Å². The smallest absolute Gasteiger partial charge is 0.191 e. The van der Waals surface area contributed by atoms with Crippen molar-refractivity contribution in [3.05, 3.63) is 42.0 Å². The van der Waals surface area contributed by atoms with Crippen LogP contribution in [0.2, 0.25) is 0 Å². The molecule has 1 heterocycles. The van der Waals surface area contributed by atoms with Gasteiger partial charge in [-0.2, -0.15) is 0 Å². The molecule has 0 atom stereocenters. The van der Waals surface area contributed by atoms with Gasteiger partial charge in [0.15, 0.2) is 5.96 Å². The number of guanidine groups is 1. The summed E-state index contributed by atoms with van der Waals surface area (Å²) in [7, 11) is 3.99. The third kappa shape index (κ3) is 6.53. The highest BCUT2D eigenvalue weighted by atomic mass is 16.5. The number of likely N-dealkylation sites (N-methyl/N-ethyl adjacent to an activating group) is 1. The second-order valence-corrected chi connectivity index (χ2v) is 7.53. The minimum absolute atomic E-state index is 0.452. The van der Waals surface area contributed by atoms with Crippen LogP contribution in [-0.2, 0) is 11.3 Å². The van der Waals surface area contributed by atoms with Crippen LogP contribution in [0.4, 0.5) is 0 Å². The lowest BCUT2D eigenvalue weighted by Gasteiger charge is -2.31. The fourth-order valence-electron chi connectivity index (χ4n) is 3.67. The molecule has 0 radical (unpaired) electrons. The van der Waals surface area contributed by atoms with E-state index >= 15 is 0 Å². The van der Waals surface area contributed by atoms with E-state index < -0.39 is 0 Å². The van der Waals surface area contributed by atoms with Crippen molar-refractivity contribution >= 4 is 5.96 Å². The molecule has 6 heteroatoms. The van der Waals surface area contributed by atoms with Crippen LogP contribution < -0.4 is 15.4 Å². The Morgan fingerprint density at radius 3 is 2.79 bits per heavy atom. The number of aliphatic imine (C=N–C) groups is 1. The summed E-state index contributed by atoms with van der Waals surface area (Å²) in [6, 6.07) is 9.35. The molecule has 6 nitrogen and oxygen atoms in total. The molecule has 1 aliphatic heterocycles. The van der Waals surface area contributed by atoms with Crippen LogP contribution in [0.1, 0.15) is 31.2 Å². The number of hydrogen-bond acceptors (Lipinski definition) is 4. The highest BCUT2D eigenvalue weighted by Crippen LogP contribution is 2.15. The van der Waals surface area contributed by atoms with Crippen molar-refractivity contribution in [3.8, 4) is 5.75 Å². The van der Waals surface area contributed by atoms with Crippen molar-refractivity contribution in [2.24, 2.45) is 4.99 Å². The SMILES string of the molecule is CN=C(NCc1cccc(OCCN(C)C2CCOCC2)c1)NC1CC=CC1. The molecule has 28 heavy (non-hydrogen) atoms. The maximum atomic E-state index is 5.99. The van der Waals surface area contributed by atoms with E-state index in [1.807, 2.05) is 19.2 Å². The third-order valence-electron chi connectivity index (χ3n) is 5.46. The van der Waals surface area contributed by atoms with E-state index in [0.717, 1.165) is 63.7 Å². The van der Waals surface area contributed by atoms with Crippen LogP contribution in [0, 0.1) is 0 Å². The zero-order valence-electron chi connectivity index (χ0n) is 17.2. The molecule has 0 saturated carbocycles. The van der Waals surface area contributed by atoms with E-state index in [2.05, 4.69) is 51.9 Å². The van der Waals surface area contributed by atoms with Crippen LogP contribution >= 0.6 is 0 Å². The number of benzene rings is 1. The molecule has 1 aliphatic carbocycles. The molecule has 1 aromatic rings. The number of nitrogens with one attached hydrogen (secondary N) is 2. The molecular weight excluding hydrogens is 352 g/mol. The van der Waals surface area contributed by atoms with Gasteiger partial charge in [0.05, 0.1) is 0 Å². The first-order valence-electron chi connectivity index (χ1n) is 10.4. The van der Waals surface area contributed by atoms with E-state index in [9.17, 15) is 0 Å². The molecule has 0 bridgehead atoms. The van der Waals surface area contributed by atoms with Crippen LogP contribution in [0.25, 0.3) is 0 Å². The normalized spacial score (nSPS) is 18.6. The lowest BCUT2D eigenvalue weighted by atomic mass is 10.1. The van der Waals surface area contributed by atoms with Crippen molar-refractivity contribution in [1.29, 1.82) is 0 Å². The molecule has 3 rings (SSSR count).